The van der Waals surface area contributed by atoms with Crippen LogP contribution >= 0.6 is 23.5 Å². The van der Waals surface area contributed by atoms with E-state index in [2.05, 4.69) is 11.4 Å². The maximum Gasteiger partial charge on any atom is 0.283 e. The first-order chi connectivity index (χ1) is 26.1. The Kier molecular flexibility index (Phi) is 9.36. The van der Waals surface area contributed by atoms with Gasteiger partial charge in [0.25, 0.3) is 11.8 Å². The van der Waals surface area contributed by atoms with Gasteiger partial charge in [0.05, 0.1) is 17.1 Å². The summed E-state index contributed by atoms with van der Waals surface area (Å²) in [6, 6.07) is 51.2. The summed E-state index contributed by atoms with van der Waals surface area (Å²) >= 11 is 2.25. The van der Waals surface area contributed by atoms with Crippen LogP contribution in [0.5, 0.6) is 0 Å². The Bertz CT molecular complexity index is 2470. The molecule has 0 atom stereocenters. The summed E-state index contributed by atoms with van der Waals surface area (Å²) in [5.41, 5.74) is 5.14. The van der Waals surface area contributed by atoms with E-state index in [9.17, 15) is 14.9 Å². The minimum absolute atomic E-state index is 0.168. The fraction of sp³-hybridized carbons (Fsp3) is 0. The van der Waals surface area contributed by atoms with Gasteiger partial charge in [0.2, 0.25) is 0 Å². The van der Waals surface area contributed by atoms with Crippen molar-refractivity contribution < 1.29 is 9.59 Å². The summed E-state index contributed by atoms with van der Waals surface area (Å²) in [7, 11) is 0. The number of nitrogens with zero attached hydrogens (tertiary/aromatic N) is 6. The summed E-state index contributed by atoms with van der Waals surface area (Å²) in [6.45, 7) is 0. The fourth-order valence-corrected chi connectivity index (χ4v) is 7.83. The van der Waals surface area contributed by atoms with Crippen LogP contribution in [0.2, 0.25) is 0 Å². The van der Waals surface area contributed by atoms with Crippen LogP contribution in [-0.2, 0) is 9.59 Å². The van der Waals surface area contributed by atoms with E-state index >= 15 is 0 Å². The molecule has 0 radical (unpaired) electrons. The van der Waals surface area contributed by atoms with E-state index < -0.39 is 5.91 Å². The van der Waals surface area contributed by atoms with Crippen molar-refractivity contribution in [3.63, 3.8) is 0 Å². The normalized spacial score (nSPS) is 16.1. The molecule has 53 heavy (non-hydrogen) atoms. The Morgan fingerprint density at radius 2 is 1.28 bits per heavy atom. The third-order valence-electron chi connectivity index (χ3n) is 8.26. The number of amidine groups is 1. The lowest BCUT2D eigenvalue weighted by atomic mass is 9.98. The van der Waals surface area contributed by atoms with Gasteiger partial charge in [-0.25, -0.2) is 15.0 Å². The molecule has 3 heterocycles. The largest absolute Gasteiger partial charge is 0.320 e. The summed E-state index contributed by atoms with van der Waals surface area (Å²) < 4.78 is 0. The number of rotatable bonds is 7. The monoisotopic (exact) mass is 725 g/mol. The van der Waals surface area contributed by atoms with Crippen LogP contribution in [-0.4, -0.2) is 27.0 Å². The lowest BCUT2D eigenvalue weighted by Crippen LogP contribution is -2.29. The lowest BCUT2D eigenvalue weighted by Gasteiger charge is -2.17. The van der Waals surface area contributed by atoms with E-state index in [1.165, 1.54) is 4.90 Å². The molecule has 1 aromatic heterocycles. The van der Waals surface area contributed by atoms with Gasteiger partial charge >= 0.3 is 0 Å². The van der Waals surface area contributed by atoms with Gasteiger partial charge in [-0.2, -0.15) is 10.4 Å². The van der Waals surface area contributed by atoms with Crippen LogP contribution in [0.25, 0.3) is 22.4 Å². The van der Waals surface area contributed by atoms with Crippen molar-refractivity contribution in [3.8, 4) is 28.5 Å². The maximum atomic E-state index is 14.7. The molecule has 0 saturated carbocycles. The van der Waals surface area contributed by atoms with Crippen molar-refractivity contribution in [1.82, 2.24) is 4.98 Å². The van der Waals surface area contributed by atoms with E-state index in [-0.39, 0.29) is 22.3 Å². The predicted octanol–water partition coefficient (Wildman–Crippen LogP) is 9.43. The van der Waals surface area contributed by atoms with Gasteiger partial charge < -0.3 is 5.32 Å². The quantitative estimate of drug-likeness (QED) is 0.163. The fourth-order valence-electron chi connectivity index (χ4n) is 5.77. The molecular formula is C42H27N7O2S2. The molecule has 6 aromatic rings. The third-order valence-corrected chi connectivity index (χ3v) is 10.5. The van der Waals surface area contributed by atoms with Gasteiger partial charge in [-0.3, -0.25) is 14.5 Å². The number of hydrogen-bond donors (Lipinski definition) is 1. The molecule has 2 aliphatic rings. The van der Waals surface area contributed by atoms with E-state index in [1.54, 1.807) is 17.1 Å². The minimum Gasteiger partial charge on any atom is -0.320 e. The number of carbonyl (C=O) groups is 2. The molecule has 0 bridgehead atoms. The Morgan fingerprint density at radius 1 is 0.717 bits per heavy atom. The Morgan fingerprint density at radius 3 is 1.91 bits per heavy atom. The van der Waals surface area contributed by atoms with Crippen molar-refractivity contribution >= 4 is 68.4 Å². The highest BCUT2D eigenvalue weighted by molar-refractivity contribution is 8.22. The number of pyridine rings is 1. The number of amides is 2. The number of hydrazone groups is 1. The number of para-hydroxylation sites is 3. The molecule has 1 fully saturated rings. The zero-order valence-corrected chi connectivity index (χ0v) is 29.5. The first-order valence-electron chi connectivity index (χ1n) is 16.5. The number of anilines is 3. The molecule has 0 spiro atoms. The summed E-state index contributed by atoms with van der Waals surface area (Å²) in [5.74, 6) is -0.589. The zero-order chi connectivity index (χ0) is 36.1. The topological polar surface area (TPSA) is 114 Å². The van der Waals surface area contributed by atoms with Crippen molar-refractivity contribution in [2.24, 2.45) is 10.1 Å². The number of aromatic nitrogens is 1. The molecular weight excluding hydrogens is 699 g/mol. The standard InChI is InChI=1S/C42H27N7O2S2/c43-27-34-33(28-16-6-1-7-17-28)26-35(29-18-8-2-9-19-29)45-37(34)46-42-48(31-22-12-4-13-23-31)40(51)36(52-42)41-49(32-24-14-5-15-25-32)47-39(53-41)38(50)44-30-20-10-3-11-21-30/h1-26H,(H,44,50)/b41-36-,46-42-. The Labute approximate surface area is 314 Å². The average molecular weight is 726 g/mol. The highest BCUT2D eigenvalue weighted by Crippen LogP contribution is 2.46. The summed E-state index contributed by atoms with van der Waals surface area (Å²) in [5, 5.41) is 20.7. The molecule has 1 saturated heterocycles. The predicted molar refractivity (Wildman–Crippen MR) is 214 cm³/mol. The van der Waals surface area contributed by atoms with Crippen molar-refractivity contribution in [1.29, 1.82) is 5.26 Å². The van der Waals surface area contributed by atoms with Crippen molar-refractivity contribution in [2.75, 3.05) is 15.2 Å². The highest BCUT2D eigenvalue weighted by atomic mass is 32.2. The molecule has 254 valence electrons. The Hall–Kier alpha value is -6.74. The van der Waals surface area contributed by atoms with Crippen LogP contribution in [0, 0.1) is 11.3 Å². The summed E-state index contributed by atoms with van der Waals surface area (Å²) in [6.07, 6.45) is 0. The van der Waals surface area contributed by atoms with Gasteiger partial charge in [-0.1, -0.05) is 115 Å². The molecule has 5 aromatic carbocycles. The highest BCUT2D eigenvalue weighted by Gasteiger charge is 2.42. The van der Waals surface area contributed by atoms with Gasteiger partial charge in [-0.15, -0.1) is 0 Å². The molecule has 2 amide bonds. The van der Waals surface area contributed by atoms with Crippen LogP contribution < -0.4 is 15.2 Å². The number of aliphatic imine (C=N–C) groups is 1. The number of hydrogen-bond acceptors (Lipinski definition) is 9. The van der Waals surface area contributed by atoms with Gasteiger partial charge in [-0.05, 0) is 71.6 Å². The first-order valence-corrected chi connectivity index (χ1v) is 18.1. The number of nitrogens with one attached hydrogen (secondary N) is 1. The molecule has 11 heteroatoms. The average Bonchev–Trinajstić information content (AvgIpc) is 3.80. The van der Waals surface area contributed by atoms with Crippen LogP contribution in [0.4, 0.5) is 22.9 Å². The van der Waals surface area contributed by atoms with Crippen LogP contribution in [0.3, 0.4) is 0 Å². The first kappa shape index (κ1) is 33.4. The molecule has 1 N–H and O–H groups in total. The van der Waals surface area contributed by atoms with Crippen LogP contribution in [0.1, 0.15) is 5.56 Å². The van der Waals surface area contributed by atoms with E-state index in [0.29, 0.717) is 43.4 Å². The molecule has 0 aliphatic carbocycles. The number of benzene rings is 5. The molecule has 8 rings (SSSR count). The second-order valence-corrected chi connectivity index (χ2v) is 13.6. The molecule has 0 unspecified atom stereocenters. The van der Waals surface area contributed by atoms with E-state index in [4.69, 9.17) is 15.1 Å². The number of thioether (sulfide) groups is 2. The van der Waals surface area contributed by atoms with Gasteiger partial charge in [0.15, 0.2) is 16.0 Å². The number of nitriles is 1. The smallest absolute Gasteiger partial charge is 0.283 e. The summed E-state index contributed by atoms with van der Waals surface area (Å²) in [4.78, 5) is 39.9. The SMILES string of the molecule is N#Cc1c(-c2ccccc2)cc(-c2ccccc2)nc1/N=C1\S/C(=C2\SC(C(=O)Nc3ccccc3)=NN2c2ccccc2)C(=O)N1c1ccccc1. The molecule has 9 nitrogen and oxygen atoms in total. The van der Waals surface area contributed by atoms with Gasteiger partial charge in [0, 0.05) is 16.8 Å². The number of carbonyl (C=O) groups excluding carboxylic acids is 2. The lowest BCUT2D eigenvalue weighted by molar-refractivity contribution is -0.113. The zero-order valence-electron chi connectivity index (χ0n) is 27.8. The maximum absolute atomic E-state index is 14.7. The minimum atomic E-state index is -0.406. The van der Waals surface area contributed by atoms with Crippen LogP contribution in [0.15, 0.2) is 178 Å². The van der Waals surface area contributed by atoms with Crippen molar-refractivity contribution in [2.45, 2.75) is 0 Å². The molecule has 2 aliphatic heterocycles. The van der Waals surface area contributed by atoms with E-state index in [0.717, 1.165) is 34.7 Å². The van der Waals surface area contributed by atoms with Gasteiger partial charge in [0.1, 0.15) is 21.6 Å². The third kappa shape index (κ3) is 6.84. The second-order valence-electron chi connectivity index (χ2n) is 11.7. The van der Waals surface area contributed by atoms with E-state index in [1.807, 2.05) is 146 Å². The second kappa shape index (κ2) is 14.9. The van der Waals surface area contributed by atoms with Crippen molar-refractivity contribution in [3.05, 3.63) is 173 Å². The Balaban J connectivity index is 1.28.